The van der Waals surface area contributed by atoms with Crippen molar-refractivity contribution in [1.29, 1.82) is 0 Å². The van der Waals surface area contributed by atoms with Gasteiger partial charge in [0.25, 0.3) is 0 Å². The summed E-state index contributed by atoms with van der Waals surface area (Å²) in [5.41, 5.74) is 2.34. The van der Waals surface area contributed by atoms with Gasteiger partial charge in [-0.2, -0.15) is 10.2 Å². The zero-order valence-electron chi connectivity index (χ0n) is 17.9. The van der Waals surface area contributed by atoms with E-state index in [9.17, 15) is 9.90 Å². The summed E-state index contributed by atoms with van der Waals surface area (Å²) in [6.07, 6.45) is 6.08. The van der Waals surface area contributed by atoms with E-state index < -0.39 is 11.7 Å². The molecule has 3 aromatic heterocycles. The Morgan fingerprint density at radius 2 is 1.94 bits per heavy atom. The van der Waals surface area contributed by atoms with Crippen molar-refractivity contribution < 1.29 is 14.6 Å². The molecule has 4 aromatic rings. The zero-order chi connectivity index (χ0) is 22.2. The summed E-state index contributed by atoms with van der Waals surface area (Å²) in [5, 5.41) is 19.6. The number of nitrogens with zero attached hydrogens (tertiary/aromatic N) is 6. The number of carbonyl (C=O) groups is 1. The minimum atomic E-state index is -0.795. The molecule has 9 nitrogen and oxygen atoms in total. The topological polar surface area (TPSA) is 108 Å². The lowest BCUT2D eigenvalue weighted by Crippen LogP contribution is -2.26. The van der Waals surface area contributed by atoms with Crippen LogP contribution >= 0.6 is 0 Å². The molecule has 4 rings (SSSR count). The van der Waals surface area contributed by atoms with Gasteiger partial charge in [0.15, 0.2) is 0 Å². The van der Waals surface area contributed by atoms with Crippen LogP contribution in [-0.2, 0) is 16.1 Å². The van der Waals surface area contributed by atoms with Gasteiger partial charge in [-0.15, -0.1) is 0 Å². The minimum absolute atomic E-state index is 0.0402. The van der Waals surface area contributed by atoms with Crippen molar-refractivity contribution >= 4 is 16.9 Å². The van der Waals surface area contributed by atoms with E-state index >= 15 is 0 Å². The van der Waals surface area contributed by atoms with Crippen molar-refractivity contribution in [3.63, 3.8) is 0 Å². The minimum Gasteiger partial charge on any atom is -0.459 e. The molecule has 1 unspecified atom stereocenters. The summed E-state index contributed by atoms with van der Waals surface area (Å²) in [6.45, 7) is 7.06. The highest BCUT2D eigenvalue weighted by Crippen LogP contribution is 2.29. The Hall–Kier alpha value is -3.59. The Balaban J connectivity index is 1.68. The van der Waals surface area contributed by atoms with Crippen LogP contribution in [-0.4, -0.2) is 46.2 Å². The molecule has 0 aliphatic carbocycles. The van der Waals surface area contributed by atoms with Crippen LogP contribution in [0.4, 0.5) is 0 Å². The molecule has 0 saturated heterocycles. The van der Waals surface area contributed by atoms with Crippen molar-refractivity contribution in [2.24, 2.45) is 0 Å². The molecule has 9 heteroatoms. The first-order valence-electron chi connectivity index (χ1n) is 9.94. The number of esters is 1. The van der Waals surface area contributed by atoms with Gasteiger partial charge in [0, 0.05) is 35.7 Å². The standard InChI is InChI=1S/C22H24N6O3/c1-14(29)20-17-10-15(16-11-23-21(24-12-16)27-9-5-8-25-27)6-7-18(17)28(26-20)13-19(30)31-22(2,3)4/h5-12,14,29H,13H2,1-4H3. The third-order valence-electron chi connectivity index (χ3n) is 4.55. The van der Waals surface area contributed by atoms with Gasteiger partial charge in [0.05, 0.1) is 17.3 Å². The first kappa shape index (κ1) is 20.7. The van der Waals surface area contributed by atoms with Gasteiger partial charge in [0.1, 0.15) is 12.1 Å². The first-order chi connectivity index (χ1) is 14.7. The van der Waals surface area contributed by atoms with Crippen LogP contribution in [0.2, 0.25) is 0 Å². The fourth-order valence-corrected chi connectivity index (χ4v) is 3.28. The Morgan fingerprint density at radius 1 is 1.19 bits per heavy atom. The molecule has 0 aliphatic heterocycles. The summed E-state index contributed by atoms with van der Waals surface area (Å²) >= 11 is 0. The molecule has 3 heterocycles. The number of benzene rings is 1. The number of hydrogen-bond donors (Lipinski definition) is 1. The van der Waals surface area contributed by atoms with E-state index in [1.54, 1.807) is 47.1 Å². The molecule has 0 aliphatic rings. The number of carbonyl (C=O) groups excluding carboxylic acids is 1. The summed E-state index contributed by atoms with van der Waals surface area (Å²) in [5.74, 6) is 0.0883. The van der Waals surface area contributed by atoms with Crippen LogP contribution in [0.3, 0.4) is 0 Å². The summed E-state index contributed by atoms with van der Waals surface area (Å²) in [4.78, 5) is 21.0. The molecule has 31 heavy (non-hydrogen) atoms. The fourth-order valence-electron chi connectivity index (χ4n) is 3.28. The lowest BCUT2D eigenvalue weighted by atomic mass is 10.0. The molecule has 1 aromatic carbocycles. The normalized spacial score (nSPS) is 12.8. The largest absolute Gasteiger partial charge is 0.459 e. The smallest absolute Gasteiger partial charge is 0.328 e. The number of aromatic nitrogens is 6. The van der Waals surface area contributed by atoms with E-state index in [0.717, 1.165) is 22.0 Å². The van der Waals surface area contributed by atoms with Crippen LogP contribution in [0.5, 0.6) is 0 Å². The van der Waals surface area contributed by atoms with E-state index in [1.807, 2.05) is 39.0 Å². The predicted octanol–water partition coefficient (Wildman–Crippen LogP) is 3.07. The summed E-state index contributed by atoms with van der Waals surface area (Å²) < 4.78 is 8.55. The quantitative estimate of drug-likeness (QED) is 0.494. The molecular formula is C22H24N6O3. The van der Waals surface area contributed by atoms with Gasteiger partial charge in [-0.1, -0.05) is 6.07 Å². The van der Waals surface area contributed by atoms with Gasteiger partial charge >= 0.3 is 5.97 Å². The lowest BCUT2D eigenvalue weighted by Gasteiger charge is -2.19. The predicted molar refractivity (Wildman–Crippen MR) is 114 cm³/mol. The maximum atomic E-state index is 12.3. The van der Waals surface area contributed by atoms with Crippen LogP contribution in [0.1, 0.15) is 39.5 Å². The average molecular weight is 420 g/mol. The maximum absolute atomic E-state index is 12.3. The molecule has 0 amide bonds. The molecule has 0 radical (unpaired) electrons. The third kappa shape index (κ3) is 4.46. The zero-order valence-corrected chi connectivity index (χ0v) is 17.9. The van der Waals surface area contributed by atoms with Crippen LogP contribution in [0.15, 0.2) is 49.1 Å². The molecular weight excluding hydrogens is 396 g/mol. The third-order valence-corrected chi connectivity index (χ3v) is 4.55. The van der Waals surface area contributed by atoms with Crippen molar-refractivity contribution in [2.45, 2.75) is 45.9 Å². The highest BCUT2D eigenvalue weighted by atomic mass is 16.6. The molecule has 0 fully saturated rings. The van der Waals surface area contributed by atoms with E-state index in [0.29, 0.717) is 11.6 Å². The van der Waals surface area contributed by atoms with Crippen LogP contribution in [0, 0.1) is 0 Å². The highest BCUT2D eigenvalue weighted by molar-refractivity contribution is 5.88. The van der Waals surface area contributed by atoms with E-state index in [-0.39, 0.29) is 12.5 Å². The maximum Gasteiger partial charge on any atom is 0.328 e. The lowest BCUT2D eigenvalue weighted by molar-refractivity contribution is -0.155. The molecule has 160 valence electrons. The van der Waals surface area contributed by atoms with Gasteiger partial charge in [-0.3, -0.25) is 9.48 Å². The Bertz CT molecular complexity index is 1200. The van der Waals surface area contributed by atoms with E-state index in [1.165, 1.54) is 0 Å². The Kier molecular flexibility index (Phi) is 5.28. The molecule has 1 atom stereocenters. The molecule has 0 bridgehead atoms. The number of ether oxygens (including phenoxy) is 1. The monoisotopic (exact) mass is 420 g/mol. The summed E-state index contributed by atoms with van der Waals surface area (Å²) in [7, 11) is 0. The SMILES string of the molecule is CC(O)c1nn(CC(=O)OC(C)(C)C)c2ccc(-c3cnc(-n4cccn4)nc3)cc12. The number of aliphatic hydroxyl groups excluding tert-OH is 1. The molecule has 0 saturated carbocycles. The van der Waals surface area contributed by atoms with Gasteiger partial charge in [-0.05, 0) is 51.5 Å². The summed E-state index contributed by atoms with van der Waals surface area (Å²) in [6, 6.07) is 7.50. The van der Waals surface area contributed by atoms with Crippen molar-refractivity contribution in [1.82, 2.24) is 29.5 Å². The van der Waals surface area contributed by atoms with Crippen molar-refractivity contribution in [3.8, 4) is 17.1 Å². The highest BCUT2D eigenvalue weighted by Gasteiger charge is 2.21. The van der Waals surface area contributed by atoms with Crippen molar-refractivity contribution in [3.05, 3.63) is 54.7 Å². The van der Waals surface area contributed by atoms with Crippen molar-refractivity contribution in [2.75, 3.05) is 0 Å². The number of hydrogen-bond acceptors (Lipinski definition) is 7. The first-order valence-corrected chi connectivity index (χ1v) is 9.94. The number of aliphatic hydroxyl groups is 1. The second kappa shape index (κ2) is 7.92. The average Bonchev–Trinajstić information content (AvgIpc) is 3.35. The number of rotatable bonds is 5. The van der Waals surface area contributed by atoms with E-state index in [2.05, 4.69) is 20.2 Å². The Morgan fingerprint density at radius 3 is 2.55 bits per heavy atom. The van der Waals surface area contributed by atoms with Gasteiger partial charge in [0.2, 0.25) is 5.95 Å². The second-order valence-electron chi connectivity index (χ2n) is 8.26. The fraction of sp³-hybridized carbons (Fsp3) is 0.318. The second-order valence-corrected chi connectivity index (χ2v) is 8.26. The van der Waals surface area contributed by atoms with E-state index in [4.69, 9.17) is 4.74 Å². The van der Waals surface area contributed by atoms with Crippen LogP contribution in [0.25, 0.3) is 28.0 Å². The van der Waals surface area contributed by atoms with Gasteiger partial charge < -0.3 is 9.84 Å². The van der Waals surface area contributed by atoms with Crippen LogP contribution < -0.4 is 0 Å². The molecule has 1 N–H and O–H groups in total. The van der Waals surface area contributed by atoms with Gasteiger partial charge in [-0.25, -0.2) is 14.6 Å². The Labute approximate surface area is 179 Å². The molecule has 0 spiro atoms. The number of fused-ring (bicyclic) bond motifs is 1.